The molecular weight excluding hydrogens is 400 g/mol. The van der Waals surface area contributed by atoms with Crippen molar-refractivity contribution >= 4 is 33.2 Å². The third-order valence-corrected chi connectivity index (χ3v) is 6.68. The zero-order chi connectivity index (χ0) is 20.8. The first-order valence-electron chi connectivity index (χ1n) is 9.71. The number of rotatable bonds is 3. The first kappa shape index (κ1) is 19.9. The normalized spacial score (nSPS) is 11.9. The molecule has 0 aliphatic carbocycles. The number of nitrogens with one attached hydrogen (secondary N) is 1. The van der Waals surface area contributed by atoms with E-state index in [0.29, 0.717) is 16.2 Å². The summed E-state index contributed by atoms with van der Waals surface area (Å²) < 4.78 is 0. The first-order valence-corrected chi connectivity index (χ1v) is 10.9. The number of aryl methyl sites for hydroxylation is 1. The van der Waals surface area contributed by atoms with E-state index in [0.717, 1.165) is 32.8 Å². The largest absolute Gasteiger partial charge is 0.306 e. The fourth-order valence-corrected chi connectivity index (χ4v) is 4.88. The summed E-state index contributed by atoms with van der Waals surface area (Å²) in [5, 5.41) is 1.23. The van der Waals surface area contributed by atoms with Crippen LogP contribution in [-0.4, -0.2) is 9.97 Å². The molecule has 0 saturated heterocycles. The van der Waals surface area contributed by atoms with Gasteiger partial charge in [0.2, 0.25) is 0 Å². The maximum Gasteiger partial charge on any atom is 0.260 e. The van der Waals surface area contributed by atoms with Gasteiger partial charge in [0.1, 0.15) is 10.7 Å². The van der Waals surface area contributed by atoms with E-state index in [4.69, 9.17) is 16.6 Å². The van der Waals surface area contributed by atoms with Crippen molar-refractivity contribution < 1.29 is 0 Å². The predicted octanol–water partition coefficient (Wildman–Crippen LogP) is 6.83. The number of aromatic amines is 1. The van der Waals surface area contributed by atoms with Crippen LogP contribution in [0, 0.1) is 0 Å². The van der Waals surface area contributed by atoms with Gasteiger partial charge in [-0.2, -0.15) is 0 Å². The maximum absolute atomic E-state index is 13.1. The number of aromatic nitrogens is 2. The monoisotopic (exact) mass is 422 g/mol. The van der Waals surface area contributed by atoms with E-state index in [1.165, 1.54) is 5.56 Å². The van der Waals surface area contributed by atoms with Gasteiger partial charge in [-0.15, -0.1) is 11.3 Å². The molecule has 0 aliphatic rings. The van der Waals surface area contributed by atoms with Gasteiger partial charge in [-0.1, -0.05) is 75.7 Å². The van der Waals surface area contributed by atoms with Gasteiger partial charge in [0.15, 0.2) is 0 Å². The van der Waals surface area contributed by atoms with Crippen LogP contribution < -0.4 is 5.56 Å². The van der Waals surface area contributed by atoms with Crippen molar-refractivity contribution in [1.29, 1.82) is 0 Å². The molecule has 29 heavy (non-hydrogen) atoms. The lowest BCUT2D eigenvalue weighted by molar-refractivity contribution is 0.590. The van der Waals surface area contributed by atoms with E-state index >= 15 is 0 Å². The summed E-state index contributed by atoms with van der Waals surface area (Å²) in [6, 6.07) is 15.9. The van der Waals surface area contributed by atoms with Gasteiger partial charge in [0.25, 0.3) is 5.56 Å². The molecule has 0 bridgehead atoms. The van der Waals surface area contributed by atoms with Crippen LogP contribution in [0.1, 0.15) is 38.1 Å². The molecular formula is C24H23ClN2OS. The average Bonchev–Trinajstić information content (AvgIpc) is 3.07. The number of hydrogen-bond acceptors (Lipinski definition) is 3. The SMILES string of the molecule is CCc1sc2nc(-c3ccccc3Cl)[nH]c(=O)c2c1-c1ccc(C(C)(C)C)cc1. The highest BCUT2D eigenvalue weighted by atomic mass is 35.5. The minimum Gasteiger partial charge on any atom is -0.306 e. The number of halogens is 1. The average molecular weight is 423 g/mol. The Morgan fingerprint density at radius 2 is 1.76 bits per heavy atom. The molecule has 0 aliphatic heterocycles. The Morgan fingerprint density at radius 3 is 2.38 bits per heavy atom. The van der Waals surface area contributed by atoms with Crippen molar-refractivity contribution in [1.82, 2.24) is 9.97 Å². The van der Waals surface area contributed by atoms with Gasteiger partial charge in [0.05, 0.1) is 10.4 Å². The Labute approximate surface area is 179 Å². The van der Waals surface area contributed by atoms with Crippen LogP contribution in [-0.2, 0) is 11.8 Å². The quantitative estimate of drug-likeness (QED) is 0.393. The molecule has 1 N–H and O–H groups in total. The predicted molar refractivity (Wildman–Crippen MR) is 124 cm³/mol. The number of fused-ring (bicyclic) bond motifs is 1. The van der Waals surface area contributed by atoms with Gasteiger partial charge in [-0.25, -0.2) is 4.98 Å². The highest BCUT2D eigenvalue weighted by Crippen LogP contribution is 2.38. The second-order valence-electron chi connectivity index (χ2n) is 8.16. The minimum absolute atomic E-state index is 0.0890. The summed E-state index contributed by atoms with van der Waals surface area (Å²) in [6.45, 7) is 8.71. The zero-order valence-corrected chi connectivity index (χ0v) is 18.5. The molecule has 4 aromatic rings. The number of H-pyrrole nitrogens is 1. The molecule has 4 rings (SSSR count). The minimum atomic E-state index is -0.129. The van der Waals surface area contributed by atoms with Crippen LogP contribution in [0.2, 0.25) is 5.02 Å². The zero-order valence-electron chi connectivity index (χ0n) is 17.0. The van der Waals surface area contributed by atoms with E-state index in [2.05, 4.69) is 56.9 Å². The maximum atomic E-state index is 13.1. The van der Waals surface area contributed by atoms with Crippen molar-refractivity contribution in [3.63, 3.8) is 0 Å². The molecule has 0 saturated carbocycles. The second kappa shape index (κ2) is 7.43. The van der Waals surface area contributed by atoms with Gasteiger partial charge in [0, 0.05) is 16.0 Å². The fourth-order valence-electron chi connectivity index (χ4n) is 3.53. The smallest absolute Gasteiger partial charge is 0.260 e. The molecule has 0 fully saturated rings. The highest BCUT2D eigenvalue weighted by molar-refractivity contribution is 7.19. The van der Waals surface area contributed by atoms with Crippen molar-refractivity contribution in [2.24, 2.45) is 0 Å². The Balaban J connectivity index is 1.92. The summed E-state index contributed by atoms with van der Waals surface area (Å²) in [4.78, 5) is 22.7. The lowest BCUT2D eigenvalue weighted by atomic mass is 9.86. The van der Waals surface area contributed by atoms with Crippen LogP contribution in [0.15, 0.2) is 53.3 Å². The standard InChI is InChI=1S/C24H23ClN2OS/c1-5-18-19(14-10-12-15(13-11-14)24(2,3)4)20-22(28)26-21(27-23(20)29-18)16-8-6-7-9-17(16)25/h6-13H,5H2,1-4H3,(H,26,27,28). The molecule has 148 valence electrons. The molecule has 3 nitrogen and oxygen atoms in total. The van der Waals surface area contributed by atoms with Crippen LogP contribution in [0.5, 0.6) is 0 Å². The summed E-state index contributed by atoms with van der Waals surface area (Å²) in [7, 11) is 0. The molecule has 0 unspecified atom stereocenters. The van der Waals surface area contributed by atoms with Crippen LogP contribution in [0.4, 0.5) is 0 Å². The molecule has 2 heterocycles. The van der Waals surface area contributed by atoms with Crippen LogP contribution in [0.25, 0.3) is 32.7 Å². The van der Waals surface area contributed by atoms with Gasteiger partial charge in [-0.05, 0) is 35.1 Å². The summed E-state index contributed by atoms with van der Waals surface area (Å²) in [5.74, 6) is 0.506. The van der Waals surface area contributed by atoms with Crippen molar-refractivity contribution in [3.8, 4) is 22.5 Å². The Kier molecular flexibility index (Phi) is 5.09. The molecule has 2 aromatic carbocycles. The van der Waals surface area contributed by atoms with E-state index in [-0.39, 0.29) is 11.0 Å². The van der Waals surface area contributed by atoms with Gasteiger partial charge < -0.3 is 4.98 Å². The van der Waals surface area contributed by atoms with Crippen LogP contribution >= 0.6 is 22.9 Å². The molecule has 0 atom stereocenters. The Hall–Kier alpha value is -2.43. The van der Waals surface area contributed by atoms with E-state index < -0.39 is 0 Å². The Bertz CT molecular complexity index is 1250. The number of nitrogens with zero attached hydrogens (tertiary/aromatic N) is 1. The topological polar surface area (TPSA) is 45.8 Å². The molecule has 0 radical (unpaired) electrons. The van der Waals surface area contributed by atoms with Crippen molar-refractivity contribution in [2.45, 2.75) is 39.5 Å². The first-order chi connectivity index (χ1) is 13.8. The summed E-state index contributed by atoms with van der Waals surface area (Å²) in [6.07, 6.45) is 0.845. The number of benzene rings is 2. The lowest BCUT2D eigenvalue weighted by Gasteiger charge is -2.19. The van der Waals surface area contributed by atoms with E-state index in [9.17, 15) is 4.79 Å². The van der Waals surface area contributed by atoms with Crippen molar-refractivity contribution in [2.75, 3.05) is 0 Å². The highest BCUT2D eigenvalue weighted by Gasteiger charge is 2.20. The number of thiophene rings is 1. The van der Waals surface area contributed by atoms with E-state index in [1.807, 2.05) is 18.2 Å². The lowest BCUT2D eigenvalue weighted by Crippen LogP contribution is -2.11. The van der Waals surface area contributed by atoms with Gasteiger partial charge in [-0.3, -0.25) is 4.79 Å². The Morgan fingerprint density at radius 1 is 1.07 bits per heavy atom. The van der Waals surface area contributed by atoms with Crippen LogP contribution in [0.3, 0.4) is 0 Å². The van der Waals surface area contributed by atoms with Crippen molar-refractivity contribution in [3.05, 3.63) is 74.3 Å². The fraction of sp³-hybridized carbons (Fsp3) is 0.250. The van der Waals surface area contributed by atoms with E-state index in [1.54, 1.807) is 17.4 Å². The summed E-state index contributed by atoms with van der Waals surface area (Å²) in [5.41, 5.74) is 4.01. The van der Waals surface area contributed by atoms with Gasteiger partial charge >= 0.3 is 0 Å². The molecule has 2 aromatic heterocycles. The molecule has 0 spiro atoms. The molecule has 5 heteroatoms. The third kappa shape index (κ3) is 3.63. The number of hydrogen-bond donors (Lipinski definition) is 1. The second-order valence-corrected chi connectivity index (χ2v) is 9.65. The molecule has 0 amide bonds. The third-order valence-electron chi connectivity index (χ3n) is 5.12. The summed E-state index contributed by atoms with van der Waals surface area (Å²) >= 11 is 7.90.